The molecule has 4 nitrogen and oxygen atoms in total. The van der Waals surface area contributed by atoms with Crippen molar-refractivity contribution in [1.29, 1.82) is 0 Å². The van der Waals surface area contributed by atoms with Crippen molar-refractivity contribution < 1.29 is 5.11 Å². The minimum Gasteiger partial charge on any atom is -0.493 e. The SMILES string of the molecule is CCn1c(O)cn(-c2ccc(Cl)cc2)c1=O. The summed E-state index contributed by atoms with van der Waals surface area (Å²) in [5.74, 6) is -0.0394. The minimum atomic E-state index is -0.262. The lowest BCUT2D eigenvalue weighted by Crippen LogP contribution is -2.22. The predicted octanol–water partition coefficient (Wildman–Crippen LogP) is 2.02. The van der Waals surface area contributed by atoms with Crippen LogP contribution in [0.2, 0.25) is 5.02 Å². The first-order chi connectivity index (χ1) is 7.63. The van der Waals surface area contributed by atoms with Crippen molar-refractivity contribution in [3.63, 3.8) is 0 Å². The highest BCUT2D eigenvalue weighted by Crippen LogP contribution is 2.14. The number of hydrogen-bond donors (Lipinski definition) is 1. The summed E-state index contributed by atoms with van der Waals surface area (Å²) in [4.78, 5) is 11.8. The van der Waals surface area contributed by atoms with Crippen molar-refractivity contribution in [2.45, 2.75) is 13.5 Å². The molecular weight excluding hydrogens is 228 g/mol. The van der Waals surface area contributed by atoms with Crippen LogP contribution in [0.5, 0.6) is 5.88 Å². The van der Waals surface area contributed by atoms with E-state index in [0.717, 1.165) is 0 Å². The average Bonchev–Trinajstić information content (AvgIpc) is 2.55. The highest BCUT2D eigenvalue weighted by atomic mass is 35.5. The van der Waals surface area contributed by atoms with E-state index < -0.39 is 0 Å². The van der Waals surface area contributed by atoms with Crippen LogP contribution in [0.15, 0.2) is 35.3 Å². The fourth-order valence-corrected chi connectivity index (χ4v) is 1.68. The van der Waals surface area contributed by atoms with Crippen molar-refractivity contribution in [3.8, 4) is 11.6 Å². The lowest BCUT2D eigenvalue weighted by molar-refractivity contribution is 0.418. The first-order valence-corrected chi connectivity index (χ1v) is 5.28. The molecule has 0 fully saturated rings. The van der Waals surface area contributed by atoms with Crippen molar-refractivity contribution in [1.82, 2.24) is 9.13 Å². The Hall–Kier alpha value is -1.68. The van der Waals surface area contributed by atoms with Gasteiger partial charge in [0, 0.05) is 11.6 Å². The Morgan fingerprint density at radius 1 is 1.31 bits per heavy atom. The summed E-state index contributed by atoms with van der Waals surface area (Å²) in [6.45, 7) is 2.23. The smallest absolute Gasteiger partial charge is 0.335 e. The van der Waals surface area contributed by atoms with Gasteiger partial charge in [0.2, 0.25) is 5.88 Å². The number of halogens is 1. The van der Waals surface area contributed by atoms with Gasteiger partial charge in [-0.2, -0.15) is 0 Å². The summed E-state index contributed by atoms with van der Waals surface area (Å²) in [6.07, 6.45) is 1.40. The zero-order valence-electron chi connectivity index (χ0n) is 8.72. The molecule has 1 N–H and O–H groups in total. The molecular formula is C11H11ClN2O2. The fourth-order valence-electron chi connectivity index (χ4n) is 1.55. The monoisotopic (exact) mass is 238 g/mol. The topological polar surface area (TPSA) is 47.2 Å². The molecule has 2 rings (SSSR count). The van der Waals surface area contributed by atoms with Crippen LogP contribution in [0.1, 0.15) is 6.92 Å². The Morgan fingerprint density at radius 3 is 2.44 bits per heavy atom. The van der Waals surface area contributed by atoms with Gasteiger partial charge in [-0.25, -0.2) is 4.79 Å². The number of imidazole rings is 1. The summed E-state index contributed by atoms with van der Waals surface area (Å²) in [7, 11) is 0. The summed E-state index contributed by atoms with van der Waals surface area (Å²) >= 11 is 5.76. The number of benzene rings is 1. The molecule has 0 radical (unpaired) electrons. The molecule has 0 amide bonds. The highest BCUT2D eigenvalue weighted by Gasteiger charge is 2.09. The van der Waals surface area contributed by atoms with Gasteiger partial charge in [0.1, 0.15) is 0 Å². The first-order valence-electron chi connectivity index (χ1n) is 4.90. The maximum absolute atomic E-state index is 11.8. The zero-order valence-corrected chi connectivity index (χ0v) is 9.48. The second-order valence-corrected chi connectivity index (χ2v) is 3.80. The molecule has 1 aromatic heterocycles. The van der Waals surface area contributed by atoms with Crippen molar-refractivity contribution in [2.75, 3.05) is 0 Å². The largest absolute Gasteiger partial charge is 0.493 e. The maximum atomic E-state index is 11.8. The van der Waals surface area contributed by atoms with E-state index in [-0.39, 0.29) is 11.6 Å². The summed E-state index contributed by atoms with van der Waals surface area (Å²) in [5.41, 5.74) is 0.416. The lowest BCUT2D eigenvalue weighted by Gasteiger charge is -2.00. The molecule has 0 aliphatic heterocycles. The van der Waals surface area contributed by atoms with E-state index in [2.05, 4.69) is 0 Å². The molecule has 0 unspecified atom stereocenters. The van der Waals surface area contributed by atoms with E-state index in [1.165, 1.54) is 15.3 Å². The number of aromatic nitrogens is 2. The Labute approximate surface area is 97.3 Å². The van der Waals surface area contributed by atoms with E-state index in [4.69, 9.17) is 11.6 Å². The Bertz CT molecular complexity index is 554. The molecule has 0 aliphatic rings. The molecule has 0 saturated carbocycles. The first kappa shape index (κ1) is 10.8. The normalized spacial score (nSPS) is 10.6. The molecule has 16 heavy (non-hydrogen) atoms. The van der Waals surface area contributed by atoms with E-state index in [0.29, 0.717) is 17.3 Å². The van der Waals surface area contributed by atoms with E-state index in [1.807, 2.05) is 0 Å². The van der Waals surface area contributed by atoms with Gasteiger partial charge in [-0.15, -0.1) is 0 Å². The van der Waals surface area contributed by atoms with Crippen LogP contribution < -0.4 is 5.69 Å². The van der Waals surface area contributed by atoms with E-state index in [1.54, 1.807) is 31.2 Å². The number of nitrogens with zero attached hydrogens (tertiary/aromatic N) is 2. The molecule has 84 valence electrons. The number of rotatable bonds is 2. The van der Waals surface area contributed by atoms with Crippen LogP contribution in [-0.4, -0.2) is 14.2 Å². The van der Waals surface area contributed by atoms with Gasteiger partial charge in [0.05, 0.1) is 11.9 Å². The van der Waals surface area contributed by atoms with Crippen molar-refractivity contribution >= 4 is 11.6 Å². The predicted molar refractivity (Wildman–Crippen MR) is 62.4 cm³/mol. The maximum Gasteiger partial charge on any atom is 0.335 e. The number of aromatic hydroxyl groups is 1. The third-order valence-corrected chi connectivity index (χ3v) is 2.63. The van der Waals surface area contributed by atoms with Gasteiger partial charge >= 0.3 is 5.69 Å². The Kier molecular flexibility index (Phi) is 2.75. The van der Waals surface area contributed by atoms with Crippen LogP contribution in [0, 0.1) is 0 Å². The quantitative estimate of drug-likeness (QED) is 0.870. The van der Waals surface area contributed by atoms with Crippen LogP contribution >= 0.6 is 11.6 Å². The molecule has 2 aromatic rings. The van der Waals surface area contributed by atoms with Crippen molar-refractivity contribution in [3.05, 3.63) is 46.0 Å². The second-order valence-electron chi connectivity index (χ2n) is 3.36. The van der Waals surface area contributed by atoms with Gasteiger partial charge in [-0.05, 0) is 31.2 Å². The minimum absolute atomic E-state index is 0.0394. The van der Waals surface area contributed by atoms with Crippen LogP contribution in [-0.2, 0) is 6.54 Å². The molecule has 0 bridgehead atoms. The number of hydrogen-bond acceptors (Lipinski definition) is 2. The summed E-state index contributed by atoms with van der Waals surface area (Å²) in [5, 5.41) is 10.2. The Morgan fingerprint density at radius 2 is 1.94 bits per heavy atom. The average molecular weight is 239 g/mol. The fraction of sp³-hybridized carbons (Fsp3) is 0.182. The van der Waals surface area contributed by atoms with E-state index in [9.17, 15) is 9.90 Å². The van der Waals surface area contributed by atoms with Gasteiger partial charge in [0.25, 0.3) is 0 Å². The van der Waals surface area contributed by atoms with Crippen molar-refractivity contribution in [2.24, 2.45) is 0 Å². The third-order valence-electron chi connectivity index (χ3n) is 2.38. The lowest BCUT2D eigenvalue weighted by atomic mass is 10.3. The molecule has 0 atom stereocenters. The molecule has 1 aromatic carbocycles. The second kappa shape index (κ2) is 4.06. The standard InChI is InChI=1S/C11H11ClN2O2/c1-2-13-10(15)7-14(11(13)16)9-5-3-8(12)4-6-9/h3-7,15H,2H2,1H3. The van der Waals surface area contributed by atoms with Gasteiger partial charge in [-0.3, -0.25) is 9.13 Å². The molecule has 1 heterocycles. The van der Waals surface area contributed by atoms with Gasteiger partial charge in [0.15, 0.2) is 0 Å². The van der Waals surface area contributed by atoms with Gasteiger partial charge < -0.3 is 5.11 Å². The molecule has 0 saturated heterocycles. The zero-order chi connectivity index (χ0) is 11.7. The summed E-state index contributed by atoms with van der Waals surface area (Å²) < 4.78 is 2.67. The molecule has 0 aliphatic carbocycles. The van der Waals surface area contributed by atoms with Crippen LogP contribution in [0.3, 0.4) is 0 Å². The van der Waals surface area contributed by atoms with E-state index >= 15 is 0 Å². The molecule has 5 heteroatoms. The summed E-state index contributed by atoms with van der Waals surface area (Å²) in [6, 6.07) is 6.85. The molecule has 0 spiro atoms. The van der Waals surface area contributed by atoms with Crippen LogP contribution in [0.25, 0.3) is 5.69 Å². The Balaban J connectivity index is 2.57. The van der Waals surface area contributed by atoms with Gasteiger partial charge in [-0.1, -0.05) is 11.6 Å². The highest BCUT2D eigenvalue weighted by molar-refractivity contribution is 6.30. The van der Waals surface area contributed by atoms with Crippen LogP contribution in [0.4, 0.5) is 0 Å². The third kappa shape index (κ3) is 1.72.